The van der Waals surface area contributed by atoms with Crippen LogP contribution in [0.25, 0.3) is 10.9 Å². The number of aromatic nitrogens is 4. The number of nitrogens with zero attached hydrogens (tertiary/aromatic N) is 5. The van der Waals surface area contributed by atoms with Crippen molar-refractivity contribution in [1.82, 2.24) is 24.2 Å². The first-order valence-electron chi connectivity index (χ1n) is 9.34. The summed E-state index contributed by atoms with van der Waals surface area (Å²) in [5.74, 6) is 0.796. The fourth-order valence-corrected chi connectivity index (χ4v) is 4.50. The molecule has 0 saturated carbocycles. The first kappa shape index (κ1) is 16.2. The van der Waals surface area contributed by atoms with Gasteiger partial charge < -0.3 is 4.90 Å². The summed E-state index contributed by atoms with van der Waals surface area (Å²) in [6, 6.07) is 7.55. The highest BCUT2D eigenvalue weighted by molar-refractivity contribution is 5.95. The van der Waals surface area contributed by atoms with Crippen LogP contribution >= 0.6 is 0 Å². The average Bonchev–Trinajstić information content (AvgIpc) is 3.15. The van der Waals surface area contributed by atoms with E-state index in [9.17, 15) is 9.59 Å². The molecule has 7 nitrogen and oxygen atoms in total. The monoisotopic (exact) mass is 363 g/mol. The second-order valence-electron chi connectivity index (χ2n) is 7.53. The van der Waals surface area contributed by atoms with Gasteiger partial charge in [-0.1, -0.05) is 12.1 Å². The average molecular weight is 363 g/mol. The molecule has 2 unspecified atom stereocenters. The quantitative estimate of drug-likeness (QED) is 0.659. The van der Waals surface area contributed by atoms with Crippen molar-refractivity contribution < 1.29 is 4.79 Å². The Balaban J connectivity index is 1.59. The summed E-state index contributed by atoms with van der Waals surface area (Å²) in [7, 11) is 1.84. The van der Waals surface area contributed by atoms with E-state index in [4.69, 9.17) is 4.98 Å². The number of benzene rings is 1. The Morgan fingerprint density at radius 1 is 1.19 bits per heavy atom. The molecule has 2 aliphatic heterocycles. The van der Waals surface area contributed by atoms with Crippen molar-refractivity contribution in [3.05, 3.63) is 57.9 Å². The number of hydrogen-bond acceptors (Lipinski definition) is 4. The van der Waals surface area contributed by atoms with Crippen LogP contribution in [0.4, 0.5) is 0 Å². The number of para-hydroxylation sites is 1. The minimum Gasteiger partial charge on any atom is -0.330 e. The first-order chi connectivity index (χ1) is 13.0. The molecule has 2 atom stereocenters. The van der Waals surface area contributed by atoms with Crippen LogP contribution in [0.3, 0.4) is 0 Å². The summed E-state index contributed by atoms with van der Waals surface area (Å²) in [5.41, 5.74) is 2.23. The Morgan fingerprint density at radius 2 is 1.96 bits per heavy atom. The lowest BCUT2D eigenvalue weighted by Crippen LogP contribution is -2.42. The molecule has 138 valence electrons. The zero-order chi connectivity index (χ0) is 18.7. The molecule has 4 heterocycles. The van der Waals surface area contributed by atoms with Crippen LogP contribution in [0.5, 0.6) is 0 Å². The SMILES string of the molecule is Cc1c(C(=O)N2C3CCC2Cn2c(nc4ccccc4c2=O)C3)cnn1C. The van der Waals surface area contributed by atoms with Gasteiger partial charge in [0.25, 0.3) is 11.5 Å². The van der Waals surface area contributed by atoms with Crippen LogP contribution < -0.4 is 5.56 Å². The van der Waals surface area contributed by atoms with E-state index in [-0.39, 0.29) is 23.6 Å². The van der Waals surface area contributed by atoms with Gasteiger partial charge >= 0.3 is 0 Å². The van der Waals surface area contributed by atoms with E-state index in [0.29, 0.717) is 23.9 Å². The molecule has 0 radical (unpaired) electrons. The number of carbonyl (C=O) groups is 1. The maximum absolute atomic E-state index is 13.3. The highest BCUT2D eigenvalue weighted by Crippen LogP contribution is 2.32. The molecule has 0 N–H and O–H groups in total. The standard InChI is InChI=1S/C20H21N5O2/c1-12-16(10-21-23(12)2)20(27)25-13-7-8-14(25)11-24-18(9-13)22-17-6-4-3-5-15(17)19(24)26/h3-6,10,13-14H,7-9,11H2,1-2H3. The molecule has 7 heteroatoms. The lowest BCUT2D eigenvalue weighted by atomic mass is 10.1. The minimum atomic E-state index is -0.00638. The molecule has 2 aromatic heterocycles. The molecule has 1 fully saturated rings. The second-order valence-corrected chi connectivity index (χ2v) is 7.53. The van der Waals surface area contributed by atoms with Crippen molar-refractivity contribution in [1.29, 1.82) is 0 Å². The first-order valence-corrected chi connectivity index (χ1v) is 9.34. The van der Waals surface area contributed by atoms with Gasteiger partial charge in [-0.25, -0.2) is 4.98 Å². The van der Waals surface area contributed by atoms with Gasteiger partial charge in [0, 0.05) is 31.7 Å². The second kappa shape index (κ2) is 5.77. The van der Waals surface area contributed by atoms with E-state index in [1.807, 2.05) is 43.1 Å². The number of rotatable bonds is 1. The summed E-state index contributed by atoms with van der Waals surface area (Å²) >= 11 is 0. The topological polar surface area (TPSA) is 73.0 Å². The van der Waals surface area contributed by atoms with Crippen LogP contribution in [-0.4, -0.2) is 42.2 Å². The molecule has 27 heavy (non-hydrogen) atoms. The lowest BCUT2D eigenvalue weighted by molar-refractivity contribution is 0.0665. The maximum Gasteiger partial charge on any atom is 0.261 e. The van der Waals surface area contributed by atoms with E-state index >= 15 is 0 Å². The van der Waals surface area contributed by atoms with Gasteiger partial charge in [-0.05, 0) is 31.9 Å². The smallest absolute Gasteiger partial charge is 0.261 e. The predicted molar refractivity (Wildman–Crippen MR) is 101 cm³/mol. The van der Waals surface area contributed by atoms with Crippen molar-refractivity contribution >= 4 is 16.8 Å². The molecular formula is C20H21N5O2. The number of hydrogen-bond donors (Lipinski definition) is 0. The van der Waals surface area contributed by atoms with Gasteiger partial charge in [-0.15, -0.1) is 0 Å². The van der Waals surface area contributed by atoms with Gasteiger partial charge in [0.05, 0.1) is 28.7 Å². The number of carbonyl (C=O) groups excluding carboxylic acids is 1. The summed E-state index contributed by atoms with van der Waals surface area (Å²) < 4.78 is 3.50. The van der Waals surface area contributed by atoms with Crippen molar-refractivity contribution in [3.63, 3.8) is 0 Å². The summed E-state index contributed by atoms with van der Waals surface area (Å²) in [6.45, 7) is 2.42. The van der Waals surface area contributed by atoms with Crippen LogP contribution in [0.15, 0.2) is 35.3 Å². The fraction of sp³-hybridized carbons (Fsp3) is 0.400. The number of fused-ring (bicyclic) bond motifs is 4. The van der Waals surface area contributed by atoms with Crippen molar-refractivity contribution in [2.75, 3.05) is 0 Å². The Hall–Kier alpha value is -2.96. The largest absolute Gasteiger partial charge is 0.330 e. The number of aryl methyl sites for hydroxylation is 1. The Labute approximate surface area is 156 Å². The molecule has 0 spiro atoms. The molecule has 3 aromatic rings. The Morgan fingerprint density at radius 3 is 2.74 bits per heavy atom. The summed E-state index contributed by atoms with van der Waals surface area (Å²) in [5, 5.41) is 4.86. The third kappa shape index (κ3) is 2.34. The van der Waals surface area contributed by atoms with Gasteiger partial charge in [-0.3, -0.25) is 18.8 Å². The summed E-state index contributed by atoms with van der Waals surface area (Å²) in [6.07, 6.45) is 4.11. The Bertz CT molecular complexity index is 1130. The maximum atomic E-state index is 13.3. The van der Waals surface area contributed by atoms with Crippen LogP contribution in [-0.2, 0) is 20.0 Å². The van der Waals surface area contributed by atoms with Gasteiger partial charge in [0.1, 0.15) is 5.82 Å². The molecule has 1 aromatic carbocycles. The van der Waals surface area contributed by atoms with Gasteiger partial charge in [-0.2, -0.15) is 5.10 Å². The van der Waals surface area contributed by atoms with Gasteiger partial charge in [0.2, 0.25) is 0 Å². The molecule has 5 rings (SSSR count). The number of amides is 1. The molecular weight excluding hydrogens is 342 g/mol. The zero-order valence-corrected chi connectivity index (χ0v) is 15.4. The third-order valence-corrected chi connectivity index (χ3v) is 6.07. The minimum absolute atomic E-state index is 0.00638. The van der Waals surface area contributed by atoms with Crippen molar-refractivity contribution in [2.45, 2.75) is 44.8 Å². The van der Waals surface area contributed by atoms with Crippen LogP contribution in [0, 0.1) is 6.92 Å². The van der Waals surface area contributed by atoms with Crippen molar-refractivity contribution in [3.8, 4) is 0 Å². The van der Waals surface area contributed by atoms with E-state index in [1.54, 1.807) is 15.4 Å². The predicted octanol–water partition coefficient (Wildman–Crippen LogP) is 1.67. The molecule has 2 bridgehead atoms. The third-order valence-electron chi connectivity index (χ3n) is 6.07. The van der Waals surface area contributed by atoms with E-state index in [2.05, 4.69) is 5.10 Å². The fourth-order valence-electron chi connectivity index (χ4n) is 4.50. The molecule has 1 amide bonds. The highest BCUT2D eigenvalue weighted by Gasteiger charge is 2.41. The van der Waals surface area contributed by atoms with Crippen molar-refractivity contribution in [2.24, 2.45) is 7.05 Å². The van der Waals surface area contributed by atoms with E-state index in [1.165, 1.54) is 0 Å². The normalized spacial score (nSPS) is 21.3. The van der Waals surface area contributed by atoms with Gasteiger partial charge in [0.15, 0.2) is 0 Å². The molecule has 1 saturated heterocycles. The molecule has 2 aliphatic rings. The summed E-state index contributed by atoms with van der Waals surface area (Å²) in [4.78, 5) is 33.0. The highest BCUT2D eigenvalue weighted by atomic mass is 16.2. The van der Waals surface area contributed by atoms with E-state index < -0.39 is 0 Å². The van der Waals surface area contributed by atoms with Crippen LogP contribution in [0.1, 0.15) is 34.7 Å². The van der Waals surface area contributed by atoms with E-state index in [0.717, 1.165) is 29.9 Å². The van der Waals surface area contributed by atoms with Crippen LogP contribution in [0.2, 0.25) is 0 Å². The molecule has 0 aliphatic carbocycles. The lowest BCUT2D eigenvalue weighted by Gasteiger charge is -2.27. The zero-order valence-electron chi connectivity index (χ0n) is 15.4. The Kier molecular flexibility index (Phi) is 3.47.